The van der Waals surface area contributed by atoms with Crippen molar-refractivity contribution in [3.63, 3.8) is 0 Å². The van der Waals surface area contributed by atoms with Gasteiger partial charge in [-0.3, -0.25) is 0 Å². The van der Waals surface area contributed by atoms with E-state index in [1.165, 1.54) is 12.1 Å². The number of ether oxygens (including phenoxy) is 3. The van der Waals surface area contributed by atoms with Crippen molar-refractivity contribution in [2.45, 2.75) is 63.8 Å². The summed E-state index contributed by atoms with van der Waals surface area (Å²) < 4.78 is 50.5. The lowest BCUT2D eigenvalue weighted by Gasteiger charge is -2.47. The van der Waals surface area contributed by atoms with Crippen molar-refractivity contribution in [3.05, 3.63) is 108 Å². The molecular formula is C29H32F2O3. The Morgan fingerprint density at radius 2 is 1.21 bits per heavy atom. The predicted molar refractivity (Wildman–Crippen MR) is 128 cm³/mol. The zero-order chi connectivity index (χ0) is 24.0. The van der Waals surface area contributed by atoms with Gasteiger partial charge in [-0.2, -0.15) is 8.78 Å². The van der Waals surface area contributed by atoms with E-state index >= 15 is 8.78 Å². The normalized spacial score (nSPS) is 25.2. The van der Waals surface area contributed by atoms with Crippen LogP contribution in [-0.2, 0) is 33.3 Å². The Bertz CT molecular complexity index is 998. The summed E-state index contributed by atoms with van der Waals surface area (Å²) >= 11 is 0. The smallest absolute Gasteiger partial charge is 0.301 e. The van der Waals surface area contributed by atoms with Gasteiger partial charge >= 0.3 is 5.92 Å². The highest BCUT2D eigenvalue weighted by Crippen LogP contribution is 2.43. The van der Waals surface area contributed by atoms with Gasteiger partial charge in [-0.25, -0.2) is 0 Å². The Morgan fingerprint density at radius 3 is 1.71 bits per heavy atom. The molecule has 3 aromatic rings. The molecule has 180 valence electrons. The van der Waals surface area contributed by atoms with Crippen LogP contribution in [0, 0.1) is 5.92 Å². The Morgan fingerprint density at radius 1 is 0.735 bits per heavy atom. The fraction of sp³-hybridized carbons (Fsp3) is 0.379. The summed E-state index contributed by atoms with van der Waals surface area (Å²) in [6, 6.07) is 27.2. The minimum absolute atomic E-state index is 0.0838. The highest BCUT2D eigenvalue weighted by atomic mass is 19.3. The third-order valence-corrected chi connectivity index (χ3v) is 6.54. The molecule has 1 fully saturated rings. The van der Waals surface area contributed by atoms with Crippen molar-refractivity contribution in [1.29, 1.82) is 0 Å². The molecule has 0 saturated carbocycles. The number of halogens is 2. The van der Waals surface area contributed by atoms with Crippen molar-refractivity contribution in [2.24, 2.45) is 5.92 Å². The number of rotatable bonds is 9. The molecule has 3 nitrogen and oxygen atoms in total. The van der Waals surface area contributed by atoms with Crippen LogP contribution in [-0.4, -0.2) is 24.4 Å². The fourth-order valence-electron chi connectivity index (χ4n) is 4.62. The maximum absolute atomic E-state index is 15.9. The number of hydrogen-bond donors (Lipinski definition) is 0. The lowest BCUT2D eigenvalue weighted by molar-refractivity contribution is -0.287. The highest BCUT2D eigenvalue weighted by molar-refractivity contribution is 5.23. The molecule has 0 N–H and O–H groups in total. The van der Waals surface area contributed by atoms with Gasteiger partial charge in [-0.15, -0.1) is 0 Å². The second-order valence-electron chi connectivity index (χ2n) is 8.87. The second kappa shape index (κ2) is 11.2. The number of hydrogen-bond acceptors (Lipinski definition) is 3. The summed E-state index contributed by atoms with van der Waals surface area (Å²) in [6.07, 6.45) is -2.73. The minimum atomic E-state index is -3.25. The molecule has 5 atom stereocenters. The molecule has 0 spiro atoms. The monoisotopic (exact) mass is 466 g/mol. The predicted octanol–water partition coefficient (Wildman–Crippen LogP) is 6.76. The summed E-state index contributed by atoms with van der Waals surface area (Å²) in [6.45, 7) is 4.48. The van der Waals surface area contributed by atoms with Gasteiger partial charge in [0.2, 0.25) is 0 Å². The quantitative estimate of drug-likeness (QED) is 0.349. The van der Waals surface area contributed by atoms with Gasteiger partial charge in [0.1, 0.15) is 6.10 Å². The summed E-state index contributed by atoms with van der Waals surface area (Å²) in [4.78, 5) is 0. The van der Waals surface area contributed by atoms with E-state index in [0.29, 0.717) is 13.0 Å². The van der Waals surface area contributed by atoms with Gasteiger partial charge in [0.25, 0.3) is 0 Å². The molecule has 3 aromatic carbocycles. The fourth-order valence-corrected chi connectivity index (χ4v) is 4.62. The number of alkyl halides is 2. The van der Waals surface area contributed by atoms with Crippen LogP contribution >= 0.6 is 0 Å². The second-order valence-corrected chi connectivity index (χ2v) is 8.87. The Hall–Kier alpha value is -2.60. The van der Waals surface area contributed by atoms with E-state index in [4.69, 9.17) is 14.2 Å². The average molecular weight is 467 g/mol. The van der Waals surface area contributed by atoms with Crippen molar-refractivity contribution < 1.29 is 23.0 Å². The van der Waals surface area contributed by atoms with Gasteiger partial charge in [-0.05, 0) is 17.5 Å². The summed E-state index contributed by atoms with van der Waals surface area (Å²) in [7, 11) is 0. The van der Waals surface area contributed by atoms with Crippen LogP contribution in [0.4, 0.5) is 8.78 Å². The molecule has 0 amide bonds. The van der Waals surface area contributed by atoms with Gasteiger partial charge in [-0.1, -0.05) is 105 Å². The molecule has 1 heterocycles. The third kappa shape index (κ3) is 5.54. The lowest BCUT2D eigenvalue weighted by atomic mass is 9.83. The standard InChI is InChI=1S/C29H32F2O3/c1-3-25-21(2)26(32-19-22-13-7-4-8-14-22)27(33-20-23-15-9-5-10-16-23)28(34-25)29(30,31)24-17-11-6-12-18-24/h4-18,21,25-28H,3,19-20H2,1-2H3/t21-,25-,26+,27-,28-/m1/s1. The third-order valence-electron chi connectivity index (χ3n) is 6.54. The van der Waals surface area contributed by atoms with Gasteiger partial charge < -0.3 is 14.2 Å². The summed E-state index contributed by atoms with van der Waals surface area (Å²) in [5.74, 6) is -3.36. The Kier molecular flexibility index (Phi) is 8.09. The van der Waals surface area contributed by atoms with Crippen molar-refractivity contribution >= 4 is 0 Å². The van der Waals surface area contributed by atoms with E-state index in [1.807, 2.05) is 74.5 Å². The van der Waals surface area contributed by atoms with Crippen LogP contribution < -0.4 is 0 Å². The van der Waals surface area contributed by atoms with Crippen molar-refractivity contribution in [1.82, 2.24) is 0 Å². The molecule has 0 aromatic heterocycles. The number of benzene rings is 3. The summed E-state index contributed by atoms with van der Waals surface area (Å²) in [5, 5.41) is 0. The Balaban J connectivity index is 1.66. The van der Waals surface area contributed by atoms with Crippen molar-refractivity contribution in [3.8, 4) is 0 Å². The first-order chi connectivity index (χ1) is 16.5. The lowest BCUT2D eigenvalue weighted by Crippen LogP contribution is -2.60. The maximum atomic E-state index is 15.9. The Labute approximate surface area is 200 Å². The van der Waals surface area contributed by atoms with Gasteiger partial charge in [0, 0.05) is 11.5 Å². The van der Waals surface area contributed by atoms with E-state index in [0.717, 1.165) is 11.1 Å². The first kappa shape index (κ1) is 24.5. The average Bonchev–Trinajstić information content (AvgIpc) is 2.88. The molecule has 1 aliphatic rings. The van der Waals surface area contributed by atoms with E-state index in [2.05, 4.69) is 0 Å². The minimum Gasteiger partial charge on any atom is -0.370 e. The first-order valence-electron chi connectivity index (χ1n) is 11.9. The molecule has 1 saturated heterocycles. The topological polar surface area (TPSA) is 27.7 Å². The van der Waals surface area contributed by atoms with E-state index in [-0.39, 0.29) is 24.2 Å². The van der Waals surface area contributed by atoms with Crippen LogP contribution in [0.5, 0.6) is 0 Å². The van der Waals surface area contributed by atoms with Crippen LogP contribution in [0.15, 0.2) is 91.0 Å². The highest BCUT2D eigenvalue weighted by Gasteiger charge is 2.55. The van der Waals surface area contributed by atoms with Crippen LogP contribution in [0.1, 0.15) is 37.0 Å². The molecule has 0 unspecified atom stereocenters. The van der Waals surface area contributed by atoms with Gasteiger partial charge in [0.15, 0.2) is 6.10 Å². The molecule has 0 bridgehead atoms. The van der Waals surface area contributed by atoms with E-state index < -0.39 is 24.2 Å². The van der Waals surface area contributed by atoms with Crippen molar-refractivity contribution in [2.75, 3.05) is 0 Å². The molecule has 0 aliphatic carbocycles. The largest absolute Gasteiger partial charge is 0.370 e. The molecular weight excluding hydrogens is 434 g/mol. The summed E-state index contributed by atoms with van der Waals surface area (Å²) in [5.41, 5.74) is 1.82. The van der Waals surface area contributed by atoms with Crippen LogP contribution in [0.25, 0.3) is 0 Å². The maximum Gasteiger partial charge on any atom is 0.301 e. The molecule has 0 radical (unpaired) electrons. The molecule has 1 aliphatic heterocycles. The SMILES string of the molecule is CC[C@H]1O[C@@H](C(F)(F)c2ccccc2)[C@H](OCc2ccccc2)[C@@H](OCc2ccccc2)[C@@H]1C. The zero-order valence-electron chi connectivity index (χ0n) is 19.6. The molecule has 4 rings (SSSR count). The first-order valence-corrected chi connectivity index (χ1v) is 11.9. The molecule has 5 heteroatoms. The molecule has 34 heavy (non-hydrogen) atoms. The zero-order valence-corrected chi connectivity index (χ0v) is 19.6. The van der Waals surface area contributed by atoms with Gasteiger partial charge in [0.05, 0.1) is 25.4 Å². The van der Waals surface area contributed by atoms with Crippen LogP contribution in [0.2, 0.25) is 0 Å². The van der Waals surface area contributed by atoms with E-state index in [9.17, 15) is 0 Å². The van der Waals surface area contributed by atoms with E-state index in [1.54, 1.807) is 18.2 Å². The van der Waals surface area contributed by atoms with Crippen LogP contribution in [0.3, 0.4) is 0 Å².